The van der Waals surface area contributed by atoms with Crippen molar-refractivity contribution in [2.45, 2.75) is 63.7 Å². The summed E-state index contributed by atoms with van der Waals surface area (Å²) in [4.78, 5) is 58.8. The van der Waals surface area contributed by atoms with E-state index in [-0.39, 0.29) is 36.7 Å². The van der Waals surface area contributed by atoms with Gasteiger partial charge in [-0.05, 0) is 47.7 Å². The topological polar surface area (TPSA) is 220 Å². The smallest absolute Gasteiger partial charge is 0.326 e. The van der Waals surface area contributed by atoms with Crippen LogP contribution in [0.1, 0.15) is 37.1 Å². The van der Waals surface area contributed by atoms with Gasteiger partial charge < -0.3 is 42.0 Å². The average Bonchev–Trinajstić information content (AvgIpc) is 3.47. The van der Waals surface area contributed by atoms with Gasteiger partial charge in [-0.3, -0.25) is 14.4 Å². The van der Waals surface area contributed by atoms with E-state index in [1.807, 2.05) is 13.8 Å². The third-order valence-electron chi connectivity index (χ3n) is 6.67. The van der Waals surface area contributed by atoms with Crippen LogP contribution >= 0.6 is 0 Å². The maximum Gasteiger partial charge on any atom is 0.326 e. The maximum atomic E-state index is 13.6. The SMILES string of the molecule is CC(C)CC(N)C(=O)NC(Cc1cnc[nH]1)C(=O)NC(Cc1ccc(O)cc1)C(=O)NC(Cc1ccc(O)cc1)C(=O)O. The van der Waals surface area contributed by atoms with Crippen molar-refractivity contribution in [2.24, 2.45) is 11.7 Å². The minimum absolute atomic E-state index is 0.00805. The fraction of sp³-hybridized carbons (Fsp3) is 0.367. The van der Waals surface area contributed by atoms with Gasteiger partial charge in [-0.1, -0.05) is 38.1 Å². The molecule has 0 saturated carbocycles. The Labute approximate surface area is 248 Å². The summed E-state index contributed by atoms with van der Waals surface area (Å²) in [5.74, 6) is -3.12. The predicted octanol–water partition coefficient (Wildman–Crippen LogP) is 0.761. The molecule has 230 valence electrons. The Balaban J connectivity index is 1.83. The summed E-state index contributed by atoms with van der Waals surface area (Å²) in [6, 6.07) is 7.31. The van der Waals surface area contributed by atoms with E-state index >= 15 is 0 Å². The van der Waals surface area contributed by atoms with Crippen molar-refractivity contribution in [1.29, 1.82) is 0 Å². The predicted molar refractivity (Wildman–Crippen MR) is 157 cm³/mol. The molecule has 1 heterocycles. The lowest BCUT2D eigenvalue weighted by Gasteiger charge is -2.25. The van der Waals surface area contributed by atoms with Gasteiger partial charge >= 0.3 is 5.97 Å². The molecule has 4 atom stereocenters. The van der Waals surface area contributed by atoms with Crippen LogP contribution in [0.25, 0.3) is 0 Å². The molecule has 3 rings (SSSR count). The molecule has 9 N–H and O–H groups in total. The zero-order valence-corrected chi connectivity index (χ0v) is 24.0. The van der Waals surface area contributed by atoms with Crippen LogP contribution in [0.2, 0.25) is 0 Å². The third-order valence-corrected chi connectivity index (χ3v) is 6.67. The zero-order valence-electron chi connectivity index (χ0n) is 24.0. The number of hydrogen-bond donors (Lipinski definition) is 8. The van der Waals surface area contributed by atoms with Crippen LogP contribution in [0.3, 0.4) is 0 Å². The molecule has 0 bridgehead atoms. The molecule has 0 radical (unpaired) electrons. The first-order valence-electron chi connectivity index (χ1n) is 13.8. The number of aliphatic carboxylic acids is 1. The molecule has 0 saturated heterocycles. The first kappa shape index (κ1) is 32.6. The number of nitrogens with one attached hydrogen (secondary N) is 4. The number of amides is 3. The van der Waals surface area contributed by atoms with E-state index in [1.54, 1.807) is 24.3 Å². The zero-order chi connectivity index (χ0) is 31.5. The minimum Gasteiger partial charge on any atom is -0.508 e. The lowest BCUT2D eigenvalue weighted by atomic mass is 10.0. The lowest BCUT2D eigenvalue weighted by Crippen LogP contribution is -2.58. The number of carboxylic acid groups (broad SMARTS) is 1. The number of carboxylic acids is 1. The molecule has 0 aliphatic heterocycles. The molecule has 43 heavy (non-hydrogen) atoms. The lowest BCUT2D eigenvalue weighted by molar-refractivity contribution is -0.142. The van der Waals surface area contributed by atoms with Gasteiger partial charge in [0.1, 0.15) is 29.6 Å². The Hall–Kier alpha value is -4.91. The molecule has 1 aromatic heterocycles. The number of carbonyl (C=O) groups excluding carboxylic acids is 3. The van der Waals surface area contributed by atoms with Crippen LogP contribution < -0.4 is 21.7 Å². The van der Waals surface area contributed by atoms with Crippen LogP contribution in [0, 0.1) is 5.92 Å². The van der Waals surface area contributed by atoms with Crippen molar-refractivity contribution in [3.05, 3.63) is 77.9 Å². The first-order valence-corrected chi connectivity index (χ1v) is 13.8. The number of aromatic amines is 1. The molecular formula is C30H38N6O7. The van der Waals surface area contributed by atoms with Crippen LogP contribution in [-0.4, -0.2) is 73.1 Å². The largest absolute Gasteiger partial charge is 0.508 e. The second-order valence-electron chi connectivity index (χ2n) is 10.8. The summed E-state index contributed by atoms with van der Waals surface area (Å²) in [5, 5.41) is 36.8. The normalized spacial score (nSPS) is 13.9. The van der Waals surface area contributed by atoms with Gasteiger partial charge in [-0.2, -0.15) is 0 Å². The number of carbonyl (C=O) groups is 4. The average molecular weight is 595 g/mol. The molecule has 0 aliphatic carbocycles. The summed E-state index contributed by atoms with van der Waals surface area (Å²) in [6.07, 6.45) is 3.24. The van der Waals surface area contributed by atoms with E-state index in [0.29, 0.717) is 23.2 Å². The summed E-state index contributed by atoms with van der Waals surface area (Å²) >= 11 is 0. The van der Waals surface area contributed by atoms with Crippen LogP contribution in [0.15, 0.2) is 61.1 Å². The number of nitrogens with two attached hydrogens (primary N) is 1. The molecule has 2 aromatic carbocycles. The molecule has 3 amide bonds. The van der Waals surface area contributed by atoms with E-state index in [1.165, 1.54) is 36.8 Å². The summed E-state index contributed by atoms with van der Waals surface area (Å²) in [6.45, 7) is 3.83. The Morgan fingerprint density at radius 2 is 1.23 bits per heavy atom. The highest BCUT2D eigenvalue weighted by molar-refractivity contribution is 5.94. The number of nitrogens with zero attached hydrogens (tertiary/aromatic N) is 1. The van der Waals surface area contributed by atoms with E-state index in [2.05, 4.69) is 25.9 Å². The van der Waals surface area contributed by atoms with Gasteiger partial charge in [-0.15, -0.1) is 0 Å². The molecule has 0 fully saturated rings. The molecule has 13 nitrogen and oxygen atoms in total. The Morgan fingerprint density at radius 3 is 1.70 bits per heavy atom. The molecule has 3 aromatic rings. The highest BCUT2D eigenvalue weighted by Gasteiger charge is 2.31. The fourth-order valence-electron chi connectivity index (χ4n) is 4.41. The number of H-pyrrole nitrogens is 1. The third kappa shape index (κ3) is 10.5. The number of aromatic hydroxyl groups is 2. The van der Waals surface area contributed by atoms with Gasteiger partial charge in [-0.25, -0.2) is 9.78 Å². The summed E-state index contributed by atoms with van der Waals surface area (Å²) < 4.78 is 0. The quantitative estimate of drug-likeness (QED) is 0.124. The van der Waals surface area contributed by atoms with E-state index < -0.39 is 47.9 Å². The van der Waals surface area contributed by atoms with Gasteiger partial charge in [0, 0.05) is 31.2 Å². The van der Waals surface area contributed by atoms with Gasteiger partial charge in [0.25, 0.3) is 0 Å². The van der Waals surface area contributed by atoms with Crippen molar-refractivity contribution in [2.75, 3.05) is 0 Å². The fourth-order valence-corrected chi connectivity index (χ4v) is 4.41. The van der Waals surface area contributed by atoms with Crippen LogP contribution in [0.5, 0.6) is 11.5 Å². The number of phenolic OH excluding ortho intramolecular Hbond substituents is 2. The summed E-state index contributed by atoms with van der Waals surface area (Å²) in [7, 11) is 0. The number of imidazole rings is 1. The Bertz CT molecular complexity index is 1360. The number of rotatable bonds is 15. The van der Waals surface area contributed by atoms with E-state index in [9.17, 15) is 34.5 Å². The van der Waals surface area contributed by atoms with E-state index in [4.69, 9.17) is 5.73 Å². The molecule has 13 heteroatoms. The monoisotopic (exact) mass is 594 g/mol. The number of benzene rings is 2. The standard InChI is InChI=1S/C30H38N6O7/c1-17(2)11-23(31)27(39)34-25(14-20-15-32-16-33-20)29(41)35-24(12-18-3-7-21(37)8-4-18)28(40)36-26(30(42)43)13-19-5-9-22(38)10-6-19/h3-10,15-17,23-26,37-38H,11-14,31H2,1-2H3,(H,32,33)(H,34,39)(H,35,41)(H,36,40)(H,42,43). The van der Waals surface area contributed by atoms with Crippen LogP contribution in [0.4, 0.5) is 0 Å². The van der Waals surface area contributed by atoms with Gasteiger partial charge in [0.05, 0.1) is 12.4 Å². The van der Waals surface area contributed by atoms with Crippen LogP contribution in [-0.2, 0) is 38.4 Å². The molecular weight excluding hydrogens is 556 g/mol. The van der Waals surface area contributed by atoms with Crippen molar-refractivity contribution >= 4 is 23.7 Å². The Kier molecular flexibility index (Phi) is 11.6. The first-order chi connectivity index (χ1) is 20.4. The van der Waals surface area contributed by atoms with Crippen molar-refractivity contribution < 1.29 is 34.5 Å². The van der Waals surface area contributed by atoms with Gasteiger partial charge in [0.15, 0.2) is 0 Å². The van der Waals surface area contributed by atoms with Crippen molar-refractivity contribution in [3.8, 4) is 11.5 Å². The number of hydrogen-bond acceptors (Lipinski definition) is 8. The maximum absolute atomic E-state index is 13.6. The molecule has 0 spiro atoms. The molecule has 0 aliphatic rings. The molecule has 4 unspecified atom stereocenters. The second-order valence-corrected chi connectivity index (χ2v) is 10.8. The van der Waals surface area contributed by atoms with E-state index in [0.717, 1.165) is 0 Å². The summed E-state index contributed by atoms with van der Waals surface area (Å²) in [5.41, 5.74) is 7.73. The Morgan fingerprint density at radius 1 is 0.767 bits per heavy atom. The minimum atomic E-state index is -1.34. The highest BCUT2D eigenvalue weighted by Crippen LogP contribution is 2.14. The number of aromatic nitrogens is 2. The highest BCUT2D eigenvalue weighted by atomic mass is 16.4. The van der Waals surface area contributed by atoms with Crippen molar-refractivity contribution in [3.63, 3.8) is 0 Å². The van der Waals surface area contributed by atoms with Gasteiger partial charge in [0.2, 0.25) is 17.7 Å². The number of phenols is 2. The van der Waals surface area contributed by atoms with Crippen molar-refractivity contribution in [1.82, 2.24) is 25.9 Å². The second kappa shape index (κ2) is 15.4.